The Kier molecular flexibility index (Phi) is 4.26. The maximum Gasteiger partial charge on any atom is 0.227 e. The number of aromatic amines is 1. The van der Waals surface area contributed by atoms with Gasteiger partial charge in [0, 0.05) is 29.7 Å². The van der Waals surface area contributed by atoms with Gasteiger partial charge < -0.3 is 9.88 Å². The number of hydrogen-bond acceptors (Lipinski definition) is 1. The molecule has 1 atom stereocenters. The summed E-state index contributed by atoms with van der Waals surface area (Å²) in [5, 5.41) is 1.22. The molecule has 4 heteroatoms. The summed E-state index contributed by atoms with van der Waals surface area (Å²) in [4.78, 5) is 18.0. The maximum atomic E-state index is 13.8. The molecule has 0 bridgehead atoms. The number of para-hydroxylation sites is 1. The van der Waals surface area contributed by atoms with Crippen LogP contribution in [0, 0.1) is 5.82 Å². The van der Waals surface area contributed by atoms with Crippen molar-refractivity contribution in [3.8, 4) is 0 Å². The lowest BCUT2D eigenvalue weighted by Gasteiger charge is -2.25. The Morgan fingerprint density at radius 2 is 1.92 bits per heavy atom. The molecule has 1 unspecified atom stereocenters. The first-order valence-corrected chi connectivity index (χ1v) is 8.80. The number of hydrogen-bond donors (Lipinski definition) is 1. The summed E-state index contributed by atoms with van der Waals surface area (Å²) in [6.45, 7) is 0.764. The van der Waals surface area contributed by atoms with Gasteiger partial charge in [0.2, 0.25) is 5.91 Å². The van der Waals surface area contributed by atoms with Crippen molar-refractivity contribution in [2.24, 2.45) is 0 Å². The number of nitrogens with zero attached hydrogens (tertiary/aromatic N) is 1. The minimum absolute atomic E-state index is 0.0208. The normalized spacial score (nSPS) is 17.3. The lowest BCUT2D eigenvalue weighted by atomic mass is 10.0. The number of H-pyrrole nitrogens is 1. The zero-order chi connectivity index (χ0) is 17.2. The molecule has 0 saturated carbocycles. The molecule has 1 amide bonds. The molecule has 1 fully saturated rings. The van der Waals surface area contributed by atoms with Crippen molar-refractivity contribution in [3.63, 3.8) is 0 Å². The average Bonchev–Trinajstić information content (AvgIpc) is 3.25. The van der Waals surface area contributed by atoms with Gasteiger partial charge in [-0.3, -0.25) is 4.79 Å². The second-order valence-electron chi connectivity index (χ2n) is 6.71. The highest BCUT2D eigenvalue weighted by Crippen LogP contribution is 2.26. The summed E-state index contributed by atoms with van der Waals surface area (Å²) in [7, 11) is 0. The van der Waals surface area contributed by atoms with Crippen molar-refractivity contribution in [2.45, 2.75) is 31.7 Å². The van der Waals surface area contributed by atoms with E-state index in [0.29, 0.717) is 5.56 Å². The number of fused-ring (bicyclic) bond motifs is 1. The highest BCUT2D eigenvalue weighted by molar-refractivity contribution is 5.83. The third kappa shape index (κ3) is 3.16. The van der Waals surface area contributed by atoms with Crippen LogP contribution in [-0.4, -0.2) is 28.4 Å². The van der Waals surface area contributed by atoms with Crippen LogP contribution < -0.4 is 0 Å². The van der Waals surface area contributed by atoms with Crippen molar-refractivity contribution >= 4 is 16.8 Å². The van der Waals surface area contributed by atoms with E-state index < -0.39 is 0 Å². The monoisotopic (exact) mass is 336 g/mol. The third-order valence-corrected chi connectivity index (χ3v) is 5.13. The van der Waals surface area contributed by atoms with Gasteiger partial charge in [-0.25, -0.2) is 4.39 Å². The molecule has 2 aromatic carbocycles. The van der Waals surface area contributed by atoms with E-state index in [4.69, 9.17) is 0 Å². The van der Waals surface area contributed by atoms with Crippen molar-refractivity contribution in [2.75, 3.05) is 6.54 Å². The molecule has 1 saturated heterocycles. The molecule has 0 spiro atoms. The second kappa shape index (κ2) is 6.71. The number of benzene rings is 2. The second-order valence-corrected chi connectivity index (χ2v) is 6.71. The van der Waals surface area contributed by atoms with E-state index in [1.165, 1.54) is 17.0 Å². The lowest BCUT2D eigenvalue weighted by molar-refractivity contribution is -0.131. The van der Waals surface area contributed by atoms with Crippen LogP contribution in [-0.2, 0) is 17.6 Å². The zero-order valence-corrected chi connectivity index (χ0v) is 14.0. The topological polar surface area (TPSA) is 36.1 Å². The largest absolute Gasteiger partial charge is 0.361 e. The predicted molar refractivity (Wildman–Crippen MR) is 96.8 cm³/mol. The predicted octanol–water partition coefficient (Wildman–Crippen LogP) is 4.08. The quantitative estimate of drug-likeness (QED) is 0.765. The summed E-state index contributed by atoms with van der Waals surface area (Å²) >= 11 is 0. The van der Waals surface area contributed by atoms with Crippen LogP contribution in [0.3, 0.4) is 0 Å². The molecule has 0 aliphatic carbocycles. The summed E-state index contributed by atoms with van der Waals surface area (Å²) in [5.41, 5.74) is 2.84. The molecular formula is C21H21FN2O. The summed E-state index contributed by atoms with van der Waals surface area (Å²) < 4.78 is 13.8. The van der Waals surface area contributed by atoms with E-state index in [1.54, 1.807) is 18.2 Å². The Balaban J connectivity index is 1.50. The van der Waals surface area contributed by atoms with E-state index in [-0.39, 0.29) is 24.2 Å². The smallest absolute Gasteiger partial charge is 0.227 e. The Bertz CT molecular complexity index is 902. The Hall–Kier alpha value is -2.62. The maximum absolute atomic E-state index is 13.8. The van der Waals surface area contributed by atoms with Gasteiger partial charge in [-0.2, -0.15) is 0 Å². The van der Waals surface area contributed by atoms with Gasteiger partial charge in [0.05, 0.1) is 6.42 Å². The van der Waals surface area contributed by atoms with Crippen molar-refractivity contribution in [1.82, 2.24) is 9.88 Å². The van der Waals surface area contributed by atoms with E-state index in [9.17, 15) is 9.18 Å². The van der Waals surface area contributed by atoms with Gasteiger partial charge in [-0.15, -0.1) is 0 Å². The number of likely N-dealkylation sites (tertiary alicyclic amines) is 1. The van der Waals surface area contributed by atoms with Crippen LogP contribution in [0.15, 0.2) is 54.7 Å². The molecular weight excluding hydrogens is 315 g/mol. The minimum atomic E-state index is -0.303. The van der Waals surface area contributed by atoms with E-state index in [2.05, 4.69) is 17.1 Å². The number of amides is 1. The Morgan fingerprint density at radius 1 is 1.12 bits per heavy atom. The van der Waals surface area contributed by atoms with Crippen LogP contribution >= 0.6 is 0 Å². The molecule has 2 heterocycles. The van der Waals surface area contributed by atoms with Gasteiger partial charge in [0.25, 0.3) is 0 Å². The van der Waals surface area contributed by atoms with Crippen LogP contribution in [0.25, 0.3) is 10.9 Å². The van der Waals surface area contributed by atoms with Gasteiger partial charge in [0.1, 0.15) is 5.82 Å². The lowest BCUT2D eigenvalue weighted by Crippen LogP contribution is -2.37. The molecule has 4 rings (SSSR count). The number of aromatic nitrogens is 1. The number of halogens is 1. The average molecular weight is 336 g/mol. The summed E-state index contributed by atoms with van der Waals surface area (Å²) in [6.07, 6.45) is 5.03. The van der Waals surface area contributed by atoms with Gasteiger partial charge in [-0.1, -0.05) is 36.4 Å². The van der Waals surface area contributed by atoms with Crippen molar-refractivity contribution in [1.29, 1.82) is 0 Å². The summed E-state index contributed by atoms with van der Waals surface area (Å²) in [5.74, 6) is -0.282. The number of carbonyl (C=O) groups excluding carboxylic acids is 1. The molecule has 128 valence electrons. The molecule has 1 aliphatic heterocycles. The minimum Gasteiger partial charge on any atom is -0.361 e. The van der Waals surface area contributed by atoms with E-state index in [0.717, 1.165) is 31.3 Å². The van der Waals surface area contributed by atoms with Crippen LogP contribution in [0.5, 0.6) is 0 Å². The SMILES string of the molecule is O=C(Cc1ccccc1F)N1CCCC1Cc1c[nH]c2ccccc12. The van der Waals surface area contributed by atoms with Gasteiger partial charge >= 0.3 is 0 Å². The molecule has 3 aromatic rings. The molecule has 25 heavy (non-hydrogen) atoms. The van der Waals surface area contributed by atoms with Crippen LogP contribution in [0.2, 0.25) is 0 Å². The third-order valence-electron chi connectivity index (χ3n) is 5.13. The molecule has 1 N–H and O–H groups in total. The highest BCUT2D eigenvalue weighted by atomic mass is 19.1. The van der Waals surface area contributed by atoms with Gasteiger partial charge in [-0.05, 0) is 42.5 Å². The molecule has 1 aliphatic rings. The van der Waals surface area contributed by atoms with Gasteiger partial charge in [0.15, 0.2) is 0 Å². The van der Waals surface area contributed by atoms with Crippen molar-refractivity contribution < 1.29 is 9.18 Å². The molecule has 1 aromatic heterocycles. The van der Waals surface area contributed by atoms with E-state index >= 15 is 0 Å². The van der Waals surface area contributed by atoms with Crippen LogP contribution in [0.4, 0.5) is 4.39 Å². The van der Waals surface area contributed by atoms with Crippen LogP contribution in [0.1, 0.15) is 24.0 Å². The van der Waals surface area contributed by atoms with Crippen molar-refractivity contribution in [3.05, 3.63) is 71.7 Å². The first-order valence-electron chi connectivity index (χ1n) is 8.80. The zero-order valence-electron chi connectivity index (χ0n) is 14.0. The molecule has 0 radical (unpaired) electrons. The number of rotatable bonds is 4. The summed E-state index contributed by atoms with van der Waals surface area (Å²) in [6, 6.07) is 15.0. The fraction of sp³-hybridized carbons (Fsp3) is 0.286. The Labute approximate surface area is 146 Å². The highest BCUT2D eigenvalue weighted by Gasteiger charge is 2.29. The standard InChI is InChI=1S/C21H21FN2O/c22-19-9-3-1-6-15(19)13-21(25)24-11-5-7-17(24)12-16-14-23-20-10-4-2-8-18(16)20/h1-4,6,8-10,14,17,23H,5,7,11-13H2. The van der Waals surface area contributed by atoms with E-state index in [1.807, 2.05) is 23.2 Å². The number of nitrogens with one attached hydrogen (secondary N) is 1. The molecule has 3 nitrogen and oxygen atoms in total. The fourth-order valence-electron chi connectivity index (χ4n) is 3.84. The number of carbonyl (C=O) groups is 1. The Morgan fingerprint density at radius 3 is 2.80 bits per heavy atom. The fourth-order valence-corrected chi connectivity index (χ4v) is 3.84. The first kappa shape index (κ1) is 15.9. The first-order chi connectivity index (χ1) is 12.2.